The van der Waals surface area contributed by atoms with E-state index in [0.717, 1.165) is 39.0 Å². The molecule has 2 fully saturated rings. The topological polar surface area (TPSA) is 35.6 Å². The van der Waals surface area contributed by atoms with Gasteiger partial charge in [-0.25, -0.2) is 0 Å². The molecule has 166 valence electrons. The standard InChI is InChI=1S/C27H37N3O/c1-22-7-5-8-25(17-22)20-30-16-6-9-26(21-30)27(31)28-18-23-10-12-24(13-11-23)19-29-14-3-2-4-15-29/h5,7-8,10-13,17,26H,2-4,6,9,14-16,18-21H2,1H3,(H,28,31). The first-order chi connectivity index (χ1) is 15.2. The van der Waals surface area contributed by atoms with Crippen molar-refractivity contribution in [3.8, 4) is 0 Å². The Bertz CT molecular complexity index is 842. The van der Waals surface area contributed by atoms with E-state index in [9.17, 15) is 4.79 Å². The van der Waals surface area contributed by atoms with Crippen molar-refractivity contribution in [1.29, 1.82) is 0 Å². The molecule has 1 unspecified atom stereocenters. The lowest BCUT2D eigenvalue weighted by Gasteiger charge is -2.32. The van der Waals surface area contributed by atoms with Crippen molar-refractivity contribution in [3.63, 3.8) is 0 Å². The maximum Gasteiger partial charge on any atom is 0.224 e. The summed E-state index contributed by atoms with van der Waals surface area (Å²) in [6, 6.07) is 17.5. The molecule has 2 aromatic carbocycles. The van der Waals surface area contributed by atoms with Crippen LogP contribution in [0.5, 0.6) is 0 Å². The van der Waals surface area contributed by atoms with Crippen LogP contribution in [0.4, 0.5) is 0 Å². The van der Waals surface area contributed by atoms with Crippen molar-refractivity contribution in [2.24, 2.45) is 5.92 Å². The lowest BCUT2D eigenvalue weighted by atomic mass is 9.96. The van der Waals surface area contributed by atoms with Gasteiger partial charge in [0.25, 0.3) is 0 Å². The van der Waals surface area contributed by atoms with Gasteiger partial charge in [0.15, 0.2) is 0 Å². The van der Waals surface area contributed by atoms with Crippen LogP contribution in [0.15, 0.2) is 48.5 Å². The molecule has 1 amide bonds. The number of carbonyl (C=O) groups excluding carboxylic acids is 1. The second-order valence-electron chi connectivity index (χ2n) is 9.43. The van der Waals surface area contributed by atoms with Gasteiger partial charge < -0.3 is 5.32 Å². The molecule has 0 saturated carbocycles. The molecule has 2 heterocycles. The fourth-order valence-corrected chi connectivity index (χ4v) is 4.95. The quantitative estimate of drug-likeness (QED) is 0.717. The summed E-state index contributed by atoms with van der Waals surface area (Å²) >= 11 is 0. The average Bonchev–Trinajstić information content (AvgIpc) is 2.79. The van der Waals surface area contributed by atoms with Gasteiger partial charge in [0.2, 0.25) is 5.91 Å². The van der Waals surface area contributed by atoms with E-state index in [-0.39, 0.29) is 11.8 Å². The fraction of sp³-hybridized carbons (Fsp3) is 0.519. The first-order valence-electron chi connectivity index (χ1n) is 12.0. The molecule has 4 heteroatoms. The Labute approximate surface area is 187 Å². The molecule has 4 nitrogen and oxygen atoms in total. The largest absolute Gasteiger partial charge is 0.352 e. The number of hydrogen-bond acceptors (Lipinski definition) is 3. The summed E-state index contributed by atoms with van der Waals surface area (Å²) in [6.07, 6.45) is 6.11. The molecule has 1 N–H and O–H groups in total. The number of aryl methyl sites for hydroxylation is 1. The molecule has 0 radical (unpaired) electrons. The minimum absolute atomic E-state index is 0.0944. The second-order valence-corrected chi connectivity index (χ2v) is 9.43. The highest BCUT2D eigenvalue weighted by Gasteiger charge is 2.25. The first kappa shape index (κ1) is 22.0. The van der Waals surface area contributed by atoms with Crippen LogP contribution in [0.1, 0.15) is 54.4 Å². The zero-order chi connectivity index (χ0) is 21.5. The highest BCUT2D eigenvalue weighted by Crippen LogP contribution is 2.20. The number of piperidine rings is 2. The molecule has 2 aromatic rings. The summed E-state index contributed by atoms with van der Waals surface area (Å²) in [4.78, 5) is 17.8. The molecule has 2 aliphatic heterocycles. The summed E-state index contributed by atoms with van der Waals surface area (Å²) < 4.78 is 0. The molecular weight excluding hydrogens is 382 g/mol. The van der Waals surface area contributed by atoms with E-state index < -0.39 is 0 Å². The molecule has 2 saturated heterocycles. The minimum atomic E-state index is 0.0944. The van der Waals surface area contributed by atoms with Gasteiger partial charge in [-0.1, -0.05) is 60.5 Å². The SMILES string of the molecule is Cc1cccc(CN2CCCC(C(=O)NCc3ccc(CN4CCCCC4)cc3)C2)c1. The molecule has 0 aromatic heterocycles. The Morgan fingerprint density at radius 2 is 1.58 bits per heavy atom. The molecule has 4 rings (SSSR count). The maximum atomic E-state index is 12.8. The van der Waals surface area contributed by atoms with E-state index >= 15 is 0 Å². The van der Waals surface area contributed by atoms with Crippen LogP contribution in [0.3, 0.4) is 0 Å². The third kappa shape index (κ3) is 6.65. The fourth-order valence-electron chi connectivity index (χ4n) is 4.95. The summed E-state index contributed by atoms with van der Waals surface area (Å²) in [5, 5.41) is 3.19. The van der Waals surface area contributed by atoms with E-state index in [1.54, 1.807) is 0 Å². The van der Waals surface area contributed by atoms with Gasteiger partial charge in [-0.2, -0.15) is 0 Å². The van der Waals surface area contributed by atoms with E-state index in [0.29, 0.717) is 6.54 Å². The maximum absolute atomic E-state index is 12.8. The smallest absolute Gasteiger partial charge is 0.224 e. The van der Waals surface area contributed by atoms with E-state index in [1.165, 1.54) is 54.6 Å². The second kappa shape index (κ2) is 10.9. The van der Waals surface area contributed by atoms with Gasteiger partial charge in [-0.05, 0) is 68.9 Å². The van der Waals surface area contributed by atoms with E-state index in [2.05, 4.69) is 70.6 Å². The van der Waals surface area contributed by atoms with E-state index in [1.807, 2.05) is 0 Å². The lowest BCUT2D eigenvalue weighted by Crippen LogP contribution is -2.42. The lowest BCUT2D eigenvalue weighted by molar-refractivity contribution is -0.126. The van der Waals surface area contributed by atoms with Gasteiger partial charge in [-0.15, -0.1) is 0 Å². The van der Waals surface area contributed by atoms with Crippen LogP contribution in [0, 0.1) is 12.8 Å². The summed E-state index contributed by atoms with van der Waals surface area (Å²) in [6.45, 7) is 9.12. The highest BCUT2D eigenvalue weighted by atomic mass is 16.1. The third-order valence-corrected chi connectivity index (χ3v) is 6.71. The van der Waals surface area contributed by atoms with Crippen LogP contribution in [0.25, 0.3) is 0 Å². The van der Waals surface area contributed by atoms with Gasteiger partial charge in [0.1, 0.15) is 0 Å². The molecular formula is C27H37N3O. The molecule has 0 aliphatic carbocycles. The Morgan fingerprint density at radius 1 is 0.871 bits per heavy atom. The zero-order valence-corrected chi connectivity index (χ0v) is 19.0. The zero-order valence-electron chi connectivity index (χ0n) is 19.0. The van der Waals surface area contributed by atoms with Crippen LogP contribution in [-0.4, -0.2) is 41.9 Å². The van der Waals surface area contributed by atoms with Crippen molar-refractivity contribution < 1.29 is 4.79 Å². The molecule has 31 heavy (non-hydrogen) atoms. The van der Waals surface area contributed by atoms with Crippen molar-refractivity contribution in [1.82, 2.24) is 15.1 Å². The van der Waals surface area contributed by atoms with Gasteiger partial charge in [0, 0.05) is 26.2 Å². The Morgan fingerprint density at radius 3 is 2.35 bits per heavy atom. The summed E-state index contributed by atoms with van der Waals surface area (Å²) in [7, 11) is 0. The number of nitrogens with zero attached hydrogens (tertiary/aromatic N) is 2. The van der Waals surface area contributed by atoms with Crippen molar-refractivity contribution in [3.05, 3.63) is 70.8 Å². The van der Waals surface area contributed by atoms with Crippen LogP contribution in [-0.2, 0) is 24.4 Å². The number of hydrogen-bond donors (Lipinski definition) is 1. The Balaban J connectivity index is 1.23. The molecule has 1 atom stereocenters. The monoisotopic (exact) mass is 419 g/mol. The van der Waals surface area contributed by atoms with Gasteiger partial charge in [0.05, 0.1) is 5.92 Å². The normalized spacial score (nSPS) is 20.5. The minimum Gasteiger partial charge on any atom is -0.352 e. The first-order valence-corrected chi connectivity index (χ1v) is 12.0. The summed E-state index contributed by atoms with van der Waals surface area (Å²) in [5.74, 6) is 0.295. The Kier molecular flexibility index (Phi) is 7.76. The number of benzene rings is 2. The number of rotatable bonds is 7. The van der Waals surface area contributed by atoms with Crippen molar-refractivity contribution >= 4 is 5.91 Å². The summed E-state index contributed by atoms with van der Waals surface area (Å²) in [5.41, 5.74) is 5.19. The average molecular weight is 420 g/mol. The number of carbonyl (C=O) groups is 1. The van der Waals surface area contributed by atoms with Crippen LogP contribution >= 0.6 is 0 Å². The van der Waals surface area contributed by atoms with Crippen molar-refractivity contribution in [2.75, 3.05) is 26.2 Å². The number of amides is 1. The molecule has 2 aliphatic rings. The van der Waals surface area contributed by atoms with Crippen LogP contribution < -0.4 is 5.32 Å². The predicted octanol–water partition coefficient (Wildman–Crippen LogP) is 4.51. The molecule has 0 spiro atoms. The molecule has 0 bridgehead atoms. The van der Waals surface area contributed by atoms with Gasteiger partial charge >= 0.3 is 0 Å². The van der Waals surface area contributed by atoms with E-state index in [4.69, 9.17) is 0 Å². The Hall–Kier alpha value is -2.17. The highest BCUT2D eigenvalue weighted by molar-refractivity contribution is 5.79. The van der Waals surface area contributed by atoms with Crippen LogP contribution in [0.2, 0.25) is 0 Å². The van der Waals surface area contributed by atoms with Gasteiger partial charge in [-0.3, -0.25) is 14.6 Å². The number of likely N-dealkylation sites (tertiary alicyclic amines) is 2. The number of nitrogens with one attached hydrogen (secondary N) is 1. The third-order valence-electron chi connectivity index (χ3n) is 6.71. The van der Waals surface area contributed by atoms with Crippen molar-refractivity contribution in [2.45, 2.75) is 58.7 Å². The predicted molar refractivity (Wildman–Crippen MR) is 127 cm³/mol.